The van der Waals surface area contributed by atoms with Crippen LogP contribution in [0, 0.1) is 0 Å². The summed E-state index contributed by atoms with van der Waals surface area (Å²) in [6.45, 7) is 2.94. The SMILES string of the molecule is O=C(Cn1ccc(C2CCCNC2)n1)NCCc1cnc[nH]1. The van der Waals surface area contributed by atoms with E-state index in [-0.39, 0.29) is 12.5 Å². The molecule has 1 aliphatic heterocycles. The number of rotatable bonds is 6. The maximum atomic E-state index is 11.9. The molecule has 2 aromatic rings. The van der Waals surface area contributed by atoms with Crippen molar-refractivity contribution in [3.05, 3.63) is 36.2 Å². The molecule has 0 bridgehead atoms. The van der Waals surface area contributed by atoms with Gasteiger partial charge in [0.1, 0.15) is 6.54 Å². The lowest BCUT2D eigenvalue weighted by atomic mass is 9.97. The molecule has 0 saturated carbocycles. The number of hydrogen-bond acceptors (Lipinski definition) is 4. The molecular weight excluding hydrogens is 280 g/mol. The summed E-state index contributed by atoms with van der Waals surface area (Å²) in [6, 6.07) is 2.02. The Balaban J connectivity index is 1.44. The zero-order valence-corrected chi connectivity index (χ0v) is 12.6. The molecule has 1 unspecified atom stereocenters. The van der Waals surface area contributed by atoms with Crippen LogP contribution in [-0.2, 0) is 17.8 Å². The highest BCUT2D eigenvalue weighted by molar-refractivity contribution is 5.75. The standard InChI is InChI=1S/C15H22N6O/c22-15(18-6-3-13-9-17-11-19-13)10-21-7-4-14(20-21)12-2-1-5-16-8-12/h4,7,9,11-12,16H,1-3,5-6,8,10H2,(H,17,19)(H,18,22). The molecule has 7 nitrogen and oxygen atoms in total. The third-order valence-corrected chi connectivity index (χ3v) is 3.95. The molecule has 3 rings (SSSR count). The molecule has 1 aliphatic rings. The number of nitrogens with zero attached hydrogens (tertiary/aromatic N) is 3. The smallest absolute Gasteiger partial charge is 0.241 e. The van der Waals surface area contributed by atoms with E-state index < -0.39 is 0 Å². The van der Waals surface area contributed by atoms with E-state index in [1.807, 2.05) is 12.3 Å². The van der Waals surface area contributed by atoms with Gasteiger partial charge in [-0.25, -0.2) is 4.98 Å². The lowest BCUT2D eigenvalue weighted by Gasteiger charge is -2.20. The van der Waals surface area contributed by atoms with Crippen LogP contribution in [0.5, 0.6) is 0 Å². The number of hydrogen-bond donors (Lipinski definition) is 3. The molecule has 0 radical (unpaired) electrons. The largest absolute Gasteiger partial charge is 0.354 e. The molecule has 1 atom stereocenters. The fraction of sp³-hybridized carbons (Fsp3) is 0.533. The van der Waals surface area contributed by atoms with Gasteiger partial charge in [-0.3, -0.25) is 9.48 Å². The van der Waals surface area contributed by atoms with Crippen LogP contribution < -0.4 is 10.6 Å². The Bertz CT molecular complexity index is 585. The number of H-pyrrole nitrogens is 1. The first-order chi connectivity index (χ1) is 10.8. The molecule has 0 spiro atoms. The fourth-order valence-electron chi connectivity index (χ4n) is 2.75. The Labute approximate surface area is 129 Å². The van der Waals surface area contributed by atoms with Gasteiger partial charge in [-0.2, -0.15) is 5.10 Å². The van der Waals surface area contributed by atoms with E-state index in [0.717, 1.165) is 30.9 Å². The topological polar surface area (TPSA) is 87.6 Å². The number of carbonyl (C=O) groups excluding carboxylic acids is 1. The highest BCUT2D eigenvalue weighted by atomic mass is 16.2. The summed E-state index contributed by atoms with van der Waals surface area (Å²) in [5.74, 6) is 0.453. The molecule has 3 N–H and O–H groups in total. The lowest BCUT2D eigenvalue weighted by molar-refractivity contribution is -0.121. The van der Waals surface area contributed by atoms with Gasteiger partial charge < -0.3 is 15.6 Å². The Morgan fingerprint density at radius 1 is 1.50 bits per heavy atom. The highest BCUT2D eigenvalue weighted by Gasteiger charge is 2.17. The summed E-state index contributed by atoms with van der Waals surface area (Å²) >= 11 is 0. The van der Waals surface area contributed by atoms with Crippen LogP contribution in [0.4, 0.5) is 0 Å². The van der Waals surface area contributed by atoms with Crippen molar-refractivity contribution in [2.45, 2.75) is 31.7 Å². The van der Waals surface area contributed by atoms with Crippen molar-refractivity contribution >= 4 is 5.91 Å². The van der Waals surface area contributed by atoms with Crippen molar-refractivity contribution in [2.24, 2.45) is 0 Å². The van der Waals surface area contributed by atoms with E-state index in [1.165, 1.54) is 12.8 Å². The van der Waals surface area contributed by atoms with E-state index in [4.69, 9.17) is 0 Å². The van der Waals surface area contributed by atoms with Gasteiger partial charge in [0.05, 0.1) is 12.0 Å². The highest BCUT2D eigenvalue weighted by Crippen LogP contribution is 2.21. The van der Waals surface area contributed by atoms with Crippen LogP contribution in [0.2, 0.25) is 0 Å². The molecule has 0 aromatic carbocycles. The molecule has 1 fully saturated rings. The predicted octanol–water partition coefficient (Wildman–Crippen LogP) is 0.432. The second-order valence-corrected chi connectivity index (χ2v) is 5.66. The quantitative estimate of drug-likeness (QED) is 0.722. The first kappa shape index (κ1) is 14.8. The van der Waals surface area contributed by atoms with E-state index in [9.17, 15) is 4.79 Å². The summed E-state index contributed by atoms with van der Waals surface area (Å²) in [5.41, 5.74) is 2.10. The number of nitrogens with one attached hydrogen (secondary N) is 3. The Hall–Kier alpha value is -2.15. The fourth-order valence-corrected chi connectivity index (χ4v) is 2.75. The number of piperidine rings is 1. The van der Waals surface area contributed by atoms with Crippen LogP contribution >= 0.6 is 0 Å². The molecule has 1 amide bonds. The maximum Gasteiger partial charge on any atom is 0.241 e. The Morgan fingerprint density at radius 2 is 2.45 bits per heavy atom. The first-order valence-electron chi connectivity index (χ1n) is 7.79. The van der Waals surface area contributed by atoms with Gasteiger partial charge in [0.2, 0.25) is 5.91 Å². The molecule has 22 heavy (non-hydrogen) atoms. The van der Waals surface area contributed by atoms with Gasteiger partial charge in [-0.05, 0) is 25.5 Å². The summed E-state index contributed by atoms with van der Waals surface area (Å²) < 4.78 is 1.72. The first-order valence-corrected chi connectivity index (χ1v) is 7.79. The van der Waals surface area contributed by atoms with Crippen molar-refractivity contribution < 1.29 is 4.79 Å². The molecule has 2 aromatic heterocycles. The number of carbonyl (C=O) groups is 1. The van der Waals surface area contributed by atoms with Crippen molar-refractivity contribution in [1.82, 2.24) is 30.4 Å². The van der Waals surface area contributed by atoms with Crippen molar-refractivity contribution in [3.63, 3.8) is 0 Å². The van der Waals surface area contributed by atoms with Crippen LogP contribution in [0.15, 0.2) is 24.8 Å². The third kappa shape index (κ3) is 3.94. The minimum absolute atomic E-state index is 0.0177. The monoisotopic (exact) mass is 302 g/mol. The molecule has 118 valence electrons. The summed E-state index contributed by atoms with van der Waals surface area (Å²) in [4.78, 5) is 18.9. The minimum Gasteiger partial charge on any atom is -0.354 e. The zero-order chi connectivity index (χ0) is 15.2. The molecule has 3 heterocycles. The van der Waals surface area contributed by atoms with Crippen molar-refractivity contribution in [2.75, 3.05) is 19.6 Å². The number of aromatic amines is 1. The van der Waals surface area contributed by atoms with E-state index in [2.05, 4.69) is 25.7 Å². The van der Waals surface area contributed by atoms with Gasteiger partial charge in [-0.1, -0.05) is 0 Å². The predicted molar refractivity (Wildman–Crippen MR) is 82.4 cm³/mol. The second kappa shape index (κ2) is 7.22. The van der Waals surface area contributed by atoms with Gasteiger partial charge in [0.15, 0.2) is 0 Å². The van der Waals surface area contributed by atoms with Crippen LogP contribution in [0.1, 0.15) is 30.1 Å². The zero-order valence-electron chi connectivity index (χ0n) is 12.6. The normalized spacial score (nSPS) is 18.3. The van der Waals surface area contributed by atoms with Gasteiger partial charge in [0.25, 0.3) is 0 Å². The van der Waals surface area contributed by atoms with Crippen LogP contribution in [0.3, 0.4) is 0 Å². The van der Waals surface area contributed by atoms with Crippen LogP contribution in [-0.4, -0.2) is 45.3 Å². The van der Waals surface area contributed by atoms with Gasteiger partial charge in [-0.15, -0.1) is 0 Å². The van der Waals surface area contributed by atoms with E-state index >= 15 is 0 Å². The summed E-state index contributed by atoms with van der Waals surface area (Å²) in [5, 5.41) is 10.8. The number of imidazole rings is 1. The average Bonchev–Trinajstić information content (AvgIpc) is 3.20. The third-order valence-electron chi connectivity index (χ3n) is 3.95. The molecule has 1 saturated heterocycles. The van der Waals surface area contributed by atoms with Crippen molar-refractivity contribution in [3.8, 4) is 0 Å². The Kier molecular flexibility index (Phi) is 4.85. The lowest BCUT2D eigenvalue weighted by Crippen LogP contribution is -2.30. The summed E-state index contributed by atoms with van der Waals surface area (Å²) in [7, 11) is 0. The number of aromatic nitrogens is 4. The second-order valence-electron chi connectivity index (χ2n) is 5.66. The summed E-state index contributed by atoms with van der Waals surface area (Å²) in [6.07, 6.45) is 8.40. The Morgan fingerprint density at radius 3 is 3.23 bits per heavy atom. The van der Waals surface area contributed by atoms with Gasteiger partial charge >= 0.3 is 0 Å². The van der Waals surface area contributed by atoms with E-state index in [0.29, 0.717) is 12.5 Å². The average molecular weight is 302 g/mol. The van der Waals surface area contributed by atoms with Crippen LogP contribution in [0.25, 0.3) is 0 Å². The molecule has 7 heteroatoms. The molecule has 0 aliphatic carbocycles. The van der Waals surface area contributed by atoms with Gasteiger partial charge in [0, 0.05) is 43.5 Å². The maximum absolute atomic E-state index is 11.9. The minimum atomic E-state index is -0.0177. The van der Waals surface area contributed by atoms with E-state index in [1.54, 1.807) is 17.2 Å². The van der Waals surface area contributed by atoms with Crippen molar-refractivity contribution in [1.29, 1.82) is 0 Å². The number of amides is 1. The molecular formula is C15H22N6O.